The Balaban J connectivity index is 0.775. The number of aliphatic hydroxyl groups is 1. The lowest BCUT2D eigenvalue weighted by molar-refractivity contribution is -0.137. The molecule has 19 heteroatoms. The van der Waals surface area contributed by atoms with Gasteiger partial charge in [0.1, 0.15) is 17.6 Å². The Labute approximate surface area is 428 Å². The van der Waals surface area contributed by atoms with Crippen LogP contribution in [0.25, 0.3) is 17.3 Å². The minimum absolute atomic E-state index is 0.0431. The predicted molar refractivity (Wildman–Crippen MR) is 280 cm³/mol. The summed E-state index contributed by atoms with van der Waals surface area (Å²) in [5, 5.41) is 16.5. The third kappa shape index (κ3) is 8.80. The average Bonchev–Trinajstić information content (AvgIpc) is 4.01. The van der Waals surface area contributed by atoms with E-state index in [1.807, 2.05) is 36.4 Å². The number of aryl methyl sites for hydroxylation is 1. The van der Waals surface area contributed by atoms with Crippen LogP contribution in [-0.2, 0) is 54.0 Å². The fraction of sp³-hybridized carbons (Fsp3) is 0.418. The maximum Gasteiger partial charge on any atom is 0.293 e. The molecule has 1 aliphatic carbocycles. The maximum atomic E-state index is 14.1. The van der Waals surface area contributed by atoms with Gasteiger partial charge in [0, 0.05) is 147 Å². The van der Waals surface area contributed by atoms with Crippen LogP contribution in [0.1, 0.15) is 95.2 Å². The predicted octanol–water partition coefficient (Wildman–Crippen LogP) is 4.10. The number of nitrogens with zero attached hydrogens (tertiary/aromatic N) is 9. The number of nitrogens with two attached hydrogens (primary N) is 1. The molecule has 8 heterocycles. The van der Waals surface area contributed by atoms with E-state index in [0.29, 0.717) is 71.7 Å². The highest BCUT2D eigenvalue weighted by molar-refractivity contribution is 6.07. The molecule has 2 atom stereocenters. The number of piperazine rings is 1. The van der Waals surface area contributed by atoms with Crippen LogP contribution < -0.4 is 36.6 Å². The van der Waals surface area contributed by atoms with E-state index in [-0.39, 0.29) is 47.0 Å². The lowest BCUT2D eigenvalue weighted by Crippen LogP contribution is -2.57. The summed E-state index contributed by atoms with van der Waals surface area (Å²) in [6, 6.07) is 15.1. The molecule has 6 aliphatic rings. The molecule has 0 saturated carbocycles. The Bertz CT molecular complexity index is 3240. The van der Waals surface area contributed by atoms with Gasteiger partial charge in [0.2, 0.25) is 17.7 Å². The summed E-state index contributed by atoms with van der Waals surface area (Å²) < 4.78 is 3.56. The Morgan fingerprint density at radius 1 is 0.919 bits per heavy atom. The number of amides is 5. The number of benzene rings is 2. The highest BCUT2D eigenvalue weighted by Gasteiger charge is 2.42. The number of pyridine rings is 1. The molecule has 5 aliphatic heterocycles. The summed E-state index contributed by atoms with van der Waals surface area (Å²) in [5.74, 6) is -1.26. The molecule has 5 amide bonds. The molecular formula is C55H62N12O7. The van der Waals surface area contributed by atoms with Crippen molar-refractivity contribution in [1.82, 2.24) is 34.2 Å². The summed E-state index contributed by atoms with van der Waals surface area (Å²) in [6.45, 7) is 11.6. The molecule has 5 N–H and O–H groups in total. The Kier molecular flexibility index (Phi) is 12.5. The summed E-state index contributed by atoms with van der Waals surface area (Å²) in [7, 11) is 1.63. The minimum Gasteiger partial charge on any atom is -0.392 e. The zero-order valence-corrected chi connectivity index (χ0v) is 42.3. The number of aromatic nitrogens is 4. The molecule has 384 valence electrons. The van der Waals surface area contributed by atoms with Crippen molar-refractivity contribution in [3.8, 4) is 11.3 Å². The molecule has 0 bridgehead atoms. The van der Waals surface area contributed by atoms with Crippen LogP contribution in [0.2, 0.25) is 0 Å². The second-order valence-electron chi connectivity index (χ2n) is 21.4. The lowest BCUT2D eigenvalue weighted by atomic mass is 9.90. The van der Waals surface area contributed by atoms with Crippen LogP contribution in [0.3, 0.4) is 0 Å². The van der Waals surface area contributed by atoms with Crippen LogP contribution in [0.4, 0.5) is 28.7 Å². The standard InChI is InChI=1S/C55H62N12O7/c1-32-28-63(36-15-18-62(19-16-36)43-7-5-6-38-39(43)29-67(52(38)72)44-11-13-48(70)60-51(44)71)20-21-64(32)42-10-9-35(24-33(42)8-12-47(56)69)58-49-54(74)61(4)30-41(59-49)37-14-17-57-50(40(37)31-68)66-23-22-65-45(53(66)73)25-34-26-55(2,3)27-46(34)65/h5-10,12,14,17,24-25,30,32,36,44,68H,11,13,15-16,18-23,26-29,31H2,1-4H3,(H2,56,69)(H,58,59)(H,60,70,71)/t32-,44?/m0/s1. The highest BCUT2D eigenvalue weighted by Crippen LogP contribution is 2.41. The fourth-order valence-corrected chi connectivity index (χ4v) is 12.4. The third-order valence-electron chi connectivity index (χ3n) is 16.0. The third-order valence-corrected chi connectivity index (χ3v) is 16.0. The number of anilines is 5. The molecule has 2 aromatic carbocycles. The average molecular weight is 1000 g/mol. The van der Waals surface area contributed by atoms with Gasteiger partial charge < -0.3 is 40.0 Å². The van der Waals surface area contributed by atoms with E-state index in [1.165, 1.54) is 21.9 Å². The molecular weight excluding hydrogens is 941 g/mol. The van der Waals surface area contributed by atoms with Crippen molar-refractivity contribution < 1.29 is 29.1 Å². The second-order valence-corrected chi connectivity index (χ2v) is 21.4. The summed E-state index contributed by atoms with van der Waals surface area (Å²) in [5.41, 5.74) is 14.6. The molecule has 3 saturated heterocycles. The van der Waals surface area contributed by atoms with Crippen LogP contribution in [0, 0.1) is 5.41 Å². The molecule has 11 rings (SSSR count). The highest BCUT2D eigenvalue weighted by atomic mass is 16.3. The Morgan fingerprint density at radius 2 is 1.73 bits per heavy atom. The number of hydrogen-bond acceptors (Lipinski definition) is 13. The number of fused-ring (bicyclic) bond motifs is 4. The molecule has 74 heavy (non-hydrogen) atoms. The first-order valence-electron chi connectivity index (χ1n) is 25.7. The van der Waals surface area contributed by atoms with E-state index in [9.17, 15) is 33.9 Å². The van der Waals surface area contributed by atoms with Crippen LogP contribution in [0.15, 0.2) is 71.8 Å². The van der Waals surface area contributed by atoms with Gasteiger partial charge in [-0.2, -0.15) is 0 Å². The number of imide groups is 1. The van der Waals surface area contributed by atoms with E-state index in [4.69, 9.17) is 10.7 Å². The first-order valence-corrected chi connectivity index (χ1v) is 25.7. The van der Waals surface area contributed by atoms with E-state index >= 15 is 0 Å². The fourth-order valence-electron chi connectivity index (χ4n) is 12.4. The quantitative estimate of drug-likeness (QED) is 0.108. The van der Waals surface area contributed by atoms with Gasteiger partial charge in [-0.25, -0.2) is 9.97 Å². The summed E-state index contributed by atoms with van der Waals surface area (Å²) >= 11 is 0. The summed E-state index contributed by atoms with van der Waals surface area (Å²) in [4.78, 5) is 97.9. The van der Waals surface area contributed by atoms with Crippen molar-refractivity contribution in [2.45, 2.75) is 97.1 Å². The summed E-state index contributed by atoms with van der Waals surface area (Å²) in [6.07, 6.45) is 10.5. The van der Waals surface area contributed by atoms with Gasteiger partial charge in [-0.05, 0) is 98.5 Å². The largest absolute Gasteiger partial charge is 0.392 e. The maximum absolute atomic E-state index is 14.1. The first-order chi connectivity index (χ1) is 35.5. The molecule has 0 radical (unpaired) electrons. The number of carbonyl (C=O) groups excluding carboxylic acids is 5. The van der Waals surface area contributed by atoms with Gasteiger partial charge in [0.15, 0.2) is 5.82 Å². The van der Waals surface area contributed by atoms with E-state index in [0.717, 1.165) is 80.9 Å². The smallest absolute Gasteiger partial charge is 0.293 e. The Hall–Kier alpha value is -7.64. The number of aliphatic hydroxyl groups excluding tert-OH is 1. The lowest BCUT2D eigenvalue weighted by Gasteiger charge is -2.47. The van der Waals surface area contributed by atoms with Crippen molar-refractivity contribution >= 4 is 64.3 Å². The monoisotopic (exact) mass is 1000 g/mol. The van der Waals surface area contributed by atoms with Crippen LogP contribution >= 0.6 is 0 Å². The van der Waals surface area contributed by atoms with Gasteiger partial charge in [0.25, 0.3) is 17.4 Å². The van der Waals surface area contributed by atoms with Crippen molar-refractivity contribution in [2.75, 3.05) is 59.3 Å². The molecule has 19 nitrogen and oxygen atoms in total. The number of primary amides is 1. The van der Waals surface area contributed by atoms with Gasteiger partial charge in [0.05, 0.1) is 12.3 Å². The zero-order valence-electron chi connectivity index (χ0n) is 42.3. The normalized spacial score (nSPS) is 21.1. The van der Waals surface area contributed by atoms with Crippen LogP contribution in [-0.4, -0.2) is 121 Å². The SMILES string of the molecule is C[C@H]1CN(C2CCN(c3cccc4c3CN(C3CCC(=O)NC3=O)C4=O)CC2)CCN1c1ccc(Nc2nc(-c3ccnc(N4CCn5c(cc6c5CC(C)(C)C6)C4=O)c3CO)cn(C)c2=O)cc1C=CC(N)=O. The minimum atomic E-state index is -0.659. The molecule has 3 aromatic heterocycles. The van der Waals surface area contributed by atoms with Crippen molar-refractivity contribution in [3.05, 3.63) is 117 Å². The van der Waals surface area contributed by atoms with Gasteiger partial charge >= 0.3 is 0 Å². The first kappa shape index (κ1) is 48.6. The van der Waals surface area contributed by atoms with Crippen LogP contribution in [0.5, 0.6) is 0 Å². The van der Waals surface area contributed by atoms with Crippen molar-refractivity contribution in [2.24, 2.45) is 18.2 Å². The van der Waals surface area contributed by atoms with E-state index in [1.54, 1.807) is 41.4 Å². The molecule has 5 aromatic rings. The zero-order chi connectivity index (χ0) is 51.7. The number of hydrogen-bond donors (Lipinski definition) is 4. The van der Waals surface area contributed by atoms with E-state index in [2.05, 4.69) is 61.7 Å². The number of piperidine rings is 2. The van der Waals surface area contributed by atoms with E-state index < -0.39 is 24.5 Å². The van der Waals surface area contributed by atoms with Crippen molar-refractivity contribution in [3.63, 3.8) is 0 Å². The molecule has 3 fully saturated rings. The van der Waals surface area contributed by atoms with Gasteiger partial charge in [-0.15, -0.1) is 0 Å². The second kappa shape index (κ2) is 19.0. The van der Waals surface area contributed by atoms with Gasteiger partial charge in [-0.3, -0.25) is 43.9 Å². The number of carbonyl (C=O) groups is 5. The molecule has 0 spiro atoms. The topological polar surface area (TPSA) is 225 Å². The molecule has 1 unspecified atom stereocenters. The number of nitrogens with one attached hydrogen (secondary N) is 2. The van der Waals surface area contributed by atoms with Crippen molar-refractivity contribution in [1.29, 1.82) is 0 Å². The Morgan fingerprint density at radius 3 is 2.49 bits per heavy atom. The number of rotatable bonds is 11. The van der Waals surface area contributed by atoms with Gasteiger partial charge in [-0.1, -0.05) is 19.9 Å².